The van der Waals surface area contributed by atoms with Crippen LogP contribution in [0.1, 0.15) is 29.8 Å². The number of hydrogen-bond acceptors (Lipinski definition) is 5. The highest BCUT2D eigenvalue weighted by Crippen LogP contribution is 2.43. The van der Waals surface area contributed by atoms with Gasteiger partial charge in [-0.3, -0.25) is 0 Å². The van der Waals surface area contributed by atoms with Crippen molar-refractivity contribution in [2.75, 3.05) is 6.26 Å². The summed E-state index contributed by atoms with van der Waals surface area (Å²) >= 11 is 6.37. The van der Waals surface area contributed by atoms with Crippen LogP contribution in [0.5, 0.6) is 0 Å². The zero-order chi connectivity index (χ0) is 14.9. The van der Waals surface area contributed by atoms with E-state index in [-0.39, 0.29) is 0 Å². The molecule has 0 radical (unpaired) electrons. The van der Waals surface area contributed by atoms with Crippen LogP contribution in [0, 0.1) is 0 Å². The van der Waals surface area contributed by atoms with E-state index in [1.165, 1.54) is 11.3 Å². The Morgan fingerprint density at radius 1 is 1.20 bits per heavy atom. The molecule has 0 saturated carbocycles. The summed E-state index contributed by atoms with van der Waals surface area (Å²) in [6, 6.07) is 7.50. The van der Waals surface area contributed by atoms with E-state index in [1.54, 1.807) is 24.8 Å². The molecule has 0 amide bonds. The van der Waals surface area contributed by atoms with Crippen molar-refractivity contribution in [3.8, 4) is 11.1 Å². The summed E-state index contributed by atoms with van der Waals surface area (Å²) in [5.41, 5.74) is 2.63. The lowest BCUT2D eigenvalue weighted by atomic mass is 9.98. The standard InChI is InChI=1S/C14H15BrO3S2/c1-7(16)12-8(4-3-5-10(12)15)9-6-11(13(17)18)20-14(9)19-2/h3-7,13,16-18H,1-2H3. The van der Waals surface area contributed by atoms with E-state index in [4.69, 9.17) is 0 Å². The molecular formula is C14H15BrO3S2. The average Bonchev–Trinajstić information content (AvgIpc) is 2.82. The summed E-state index contributed by atoms with van der Waals surface area (Å²) in [4.78, 5) is 0.501. The Labute approximate surface area is 134 Å². The lowest BCUT2D eigenvalue weighted by Crippen LogP contribution is -1.96. The molecule has 1 aromatic heterocycles. The number of aliphatic hydroxyl groups excluding tert-OH is 2. The molecule has 0 aliphatic carbocycles. The second kappa shape index (κ2) is 6.60. The molecular weight excluding hydrogens is 360 g/mol. The maximum absolute atomic E-state index is 9.99. The molecule has 3 nitrogen and oxygen atoms in total. The van der Waals surface area contributed by atoms with Gasteiger partial charge in [-0.1, -0.05) is 28.1 Å². The van der Waals surface area contributed by atoms with E-state index in [0.29, 0.717) is 4.88 Å². The first-order chi connectivity index (χ1) is 9.45. The minimum atomic E-state index is -1.47. The van der Waals surface area contributed by atoms with Gasteiger partial charge in [0.05, 0.1) is 15.2 Å². The molecule has 6 heteroatoms. The van der Waals surface area contributed by atoms with Gasteiger partial charge in [-0.05, 0) is 30.9 Å². The lowest BCUT2D eigenvalue weighted by Gasteiger charge is -2.14. The van der Waals surface area contributed by atoms with Crippen LogP contribution in [0.15, 0.2) is 32.9 Å². The second-order valence-corrected chi connectivity index (χ2v) is 7.32. The summed E-state index contributed by atoms with van der Waals surface area (Å²) < 4.78 is 1.84. The minimum absolute atomic E-state index is 0.501. The Kier molecular flexibility index (Phi) is 5.28. The van der Waals surface area contributed by atoms with Crippen molar-refractivity contribution in [3.63, 3.8) is 0 Å². The number of benzene rings is 1. The number of rotatable bonds is 4. The number of halogens is 1. The highest BCUT2D eigenvalue weighted by Gasteiger charge is 2.19. The van der Waals surface area contributed by atoms with Gasteiger partial charge in [-0.15, -0.1) is 23.1 Å². The number of hydrogen-bond donors (Lipinski definition) is 3. The summed E-state index contributed by atoms with van der Waals surface area (Å²) in [6.07, 6.45) is -0.136. The van der Waals surface area contributed by atoms with Crippen molar-refractivity contribution in [2.24, 2.45) is 0 Å². The van der Waals surface area contributed by atoms with Crippen LogP contribution >= 0.6 is 39.0 Å². The Morgan fingerprint density at radius 3 is 2.45 bits per heavy atom. The van der Waals surface area contributed by atoms with E-state index in [9.17, 15) is 15.3 Å². The SMILES string of the molecule is CSc1sc(C(O)O)cc1-c1cccc(Br)c1C(C)O. The minimum Gasteiger partial charge on any atom is -0.389 e. The molecule has 2 aromatic rings. The first-order valence-corrected chi connectivity index (χ1v) is 8.79. The second-order valence-electron chi connectivity index (χ2n) is 4.30. The van der Waals surface area contributed by atoms with Crippen LogP contribution in [-0.2, 0) is 0 Å². The smallest absolute Gasteiger partial charge is 0.188 e. The first-order valence-electron chi connectivity index (χ1n) is 5.96. The highest BCUT2D eigenvalue weighted by atomic mass is 79.9. The topological polar surface area (TPSA) is 60.7 Å². The van der Waals surface area contributed by atoms with E-state index < -0.39 is 12.4 Å². The van der Waals surface area contributed by atoms with Gasteiger partial charge in [0.2, 0.25) is 0 Å². The largest absolute Gasteiger partial charge is 0.389 e. The summed E-state index contributed by atoms with van der Waals surface area (Å²) in [5.74, 6) is 0. The quantitative estimate of drug-likeness (QED) is 0.560. The van der Waals surface area contributed by atoms with Gasteiger partial charge >= 0.3 is 0 Å². The predicted octanol–water partition coefficient (Wildman–Crippen LogP) is 3.94. The lowest BCUT2D eigenvalue weighted by molar-refractivity contribution is -0.0395. The van der Waals surface area contributed by atoms with Crippen LogP contribution in [0.3, 0.4) is 0 Å². The first kappa shape index (κ1) is 16.0. The van der Waals surface area contributed by atoms with Crippen molar-refractivity contribution in [1.82, 2.24) is 0 Å². The zero-order valence-corrected chi connectivity index (χ0v) is 14.2. The third-order valence-electron chi connectivity index (χ3n) is 2.92. The van der Waals surface area contributed by atoms with Gasteiger partial charge < -0.3 is 15.3 Å². The maximum Gasteiger partial charge on any atom is 0.188 e. The van der Waals surface area contributed by atoms with E-state index in [1.807, 2.05) is 24.5 Å². The fourth-order valence-electron chi connectivity index (χ4n) is 2.06. The van der Waals surface area contributed by atoms with Crippen LogP contribution in [-0.4, -0.2) is 21.6 Å². The highest BCUT2D eigenvalue weighted by molar-refractivity contribution is 9.10. The molecule has 3 N–H and O–H groups in total. The molecule has 1 heterocycles. The molecule has 0 fully saturated rings. The summed E-state index contributed by atoms with van der Waals surface area (Å²) in [6.45, 7) is 1.72. The Hall–Kier alpha value is -0.370. The molecule has 108 valence electrons. The van der Waals surface area contributed by atoms with Crippen LogP contribution < -0.4 is 0 Å². The zero-order valence-electron chi connectivity index (χ0n) is 11.0. The monoisotopic (exact) mass is 374 g/mol. The predicted molar refractivity (Wildman–Crippen MR) is 87.0 cm³/mol. The Balaban J connectivity index is 2.65. The van der Waals surface area contributed by atoms with Crippen LogP contribution in [0.25, 0.3) is 11.1 Å². The summed E-state index contributed by atoms with van der Waals surface area (Å²) in [5, 5.41) is 28.7. The molecule has 0 spiro atoms. The van der Waals surface area contributed by atoms with E-state index in [0.717, 1.165) is 25.4 Å². The van der Waals surface area contributed by atoms with Crippen molar-refractivity contribution < 1.29 is 15.3 Å². The van der Waals surface area contributed by atoms with Gasteiger partial charge in [0.15, 0.2) is 6.29 Å². The maximum atomic E-state index is 9.99. The van der Waals surface area contributed by atoms with Gasteiger partial charge in [0, 0.05) is 15.6 Å². The average molecular weight is 375 g/mol. The van der Waals surface area contributed by atoms with Gasteiger partial charge in [0.25, 0.3) is 0 Å². The van der Waals surface area contributed by atoms with E-state index >= 15 is 0 Å². The molecule has 1 unspecified atom stereocenters. The van der Waals surface area contributed by atoms with Gasteiger partial charge in [-0.25, -0.2) is 0 Å². The number of aliphatic hydroxyl groups is 3. The summed E-state index contributed by atoms with van der Waals surface area (Å²) in [7, 11) is 0. The molecule has 1 atom stereocenters. The molecule has 0 aliphatic heterocycles. The fourth-order valence-corrected chi connectivity index (χ4v) is 4.54. The van der Waals surface area contributed by atoms with Crippen molar-refractivity contribution in [1.29, 1.82) is 0 Å². The third kappa shape index (κ3) is 3.10. The van der Waals surface area contributed by atoms with Crippen LogP contribution in [0.4, 0.5) is 0 Å². The van der Waals surface area contributed by atoms with Crippen molar-refractivity contribution >= 4 is 39.0 Å². The van der Waals surface area contributed by atoms with Crippen molar-refractivity contribution in [2.45, 2.75) is 23.5 Å². The fraction of sp³-hybridized carbons (Fsp3) is 0.286. The number of thiophene rings is 1. The molecule has 0 aliphatic rings. The Morgan fingerprint density at radius 2 is 1.90 bits per heavy atom. The van der Waals surface area contributed by atoms with Crippen molar-refractivity contribution in [3.05, 3.63) is 39.2 Å². The molecule has 1 aromatic carbocycles. The third-order valence-corrected chi connectivity index (χ3v) is 5.92. The van der Waals surface area contributed by atoms with Gasteiger partial charge in [-0.2, -0.15) is 0 Å². The molecule has 0 saturated heterocycles. The number of thioether (sulfide) groups is 1. The van der Waals surface area contributed by atoms with E-state index in [2.05, 4.69) is 15.9 Å². The Bertz CT molecular complexity index is 608. The van der Waals surface area contributed by atoms with Gasteiger partial charge in [0.1, 0.15) is 0 Å². The molecule has 20 heavy (non-hydrogen) atoms. The molecule has 0 bridgehead atoms. The molecule has 2 rings (SSSR count). The van der Waals surface area contributed by atoms with Crippen LogP contribution in [0.2, 0.25) is 0 Å². The normalized spacial score (nSPS) is 12.9.